The molecule has 2 aromatic carbocycles. The summed E-state index contributed by atoms with van der Waals surface area (Å²) in [6, 6.07) is 11.7. The van der Waals surface area contributed by atoms with Gasteiger partial charge in [0.05, 0.1) is 4.90 Å². The highest BCUT2D eigenvalue weighted by atomic mass is 32.2. The predicted molar refractivity (Wildman–Crippen MR) is 101 cm³/mol. The molecule has 0 unspecified atom stereocenters. The van der Waals surface area contributed by atoms with E-state index in [-0.39, 0.29) is 16.6 Å². The first kappa shape index (κ1) is 18.3. The lowest BCUT2D eigenvalue weighted by atomic mass is 10.1. The van der Waals surface area contributed by atoms with E-state index in [9.17, 15) is 18.3 Å². The van der Waals surface area contributed by atoms with Crippen LogP contribution in [0.15, 0.2) is 47.4 Å². The van der Waals surface area contributed by atoms with Crippen LogP contribution in [0.1, 0.15) is 15.9 Å². The monoisotopic (exact) mass is 374 g/mol. The summed E-state index contributed by atoms with van der Waals surface area (Å²) in [7, 11) is -3.35. The first-order valence-corrected chi connectivity index (χ1v) is 10.3. The van der Waals surface area contributed by atoms with Gasteiger partial charge in [-0.25, -0.2) is 8.42 Å². The van der Waals surface area contributed by atoms with E-state index in [4.69, 9.17) is 0 Å². The number of hydrogen-bond donors (Lipinski definition) is 1. The fraction of sp³-hybridized carbons (Fsp3) is 0.316. The summed E-state index contributed by atoms with van der Waals surface area (Å²) in [4.78, 5) is 16.9. The molecule has 1 aliphatic heterocycles. The van der Waals surface area contributed by atoms with Gasteiger partial charge in [-0.1, -0.05) is 6.07 Å². The summed E-state index contributed by atoms with van der Waals surface area (Å²) in [6.07, 6.45) is 1.14. The zero-order valence-corrected chi connectivity index (χ0v) is 15.7. The first-order valence-electron chi connectivity index (χ1n) is 8.39. The van der Waals surface area contributed by atoms with Gasteiger partial charge in [-0.3, -0.25) is 4.79 Å². The molecule has 3 rings (SSSR count). The topological polar surface area (TPSA) is 77.9 Å². The third kappa shape index (κ3) is 3.83. The molecule has 1 fully saturated rings. The fourth-order valence-corrected chi connectivity index (χ4v) is 3.71. The van der Waals surface area contributed by atoms with Crippen molar-refractivity contribution < 1.29 is 18.3 Å². The normalized spacial score (nSPS) is 15.2. The Labute approximate surface area is 153 Å². The van der Waals surface area contributed by atoms with Crippen LogP contribution in [-0.2, 0) is 9.84 Å². The number of anilines is 1. The van der Waals surface area contributed by atoms with Gasteiger partial charge >= 0.3 is 0 Å². The summed E-state index contributed by atoms with van der Waals surface area (Å²) >= 11 is 0. The number of phenolic OH excluding ortho intramolecular Hbond substituents is 1. The molecule has 0 radical (unpaired) electrons. The second-order valence-electron chi connectivity index (χ2n) is 6.54. The second kappa shape index (κ2) is 6.99. The Balaban J connectivity index is 1.73. The molecule has 0 aliphatic carbocycles. The van der Waals surface area contributed by atoms with E-state index in [1.807, 2.05) is 19.1 Å². The molecule has 138 valence electrons. The van der Waals surface area contributed by atoms with E-state index in [0.29, 0.717) is 31.7 Å². The molecule has 7 heteroatoms. The highest BCUT2D eigenvalue weighted by Crippen LogP contribution is 2.22. The number of amides is 1. The molecule has 1 heterocycles. The second-order valence-corrected chi connectivity index (χ2v) is 8.56. The van der Waals surface area contributed by atoms with Crippen LogP contribution in [0.3, 0.4) is 0 Å². The zero-order chi connectivity index (χ0) is 18.9. The number of aryl methyl sites for hydroxylation is 1. The summed E-state index contributed by atoms with van der Waals surface area (Å²) in [6.45, 7) is 4.29. The molecule has 0 spiro atoms. The maximum atomic E-state index is 12.9. The van der Waals surface area contributed by atoms with Crippen molar-refractivity contribution in [1.82, 2.24) is 4.90 Å². The Hall–Kier alpha value is -2.54. The number of carbonyl (C=O) groups excluding carboxylic acids is 1. The minimum Gasteiger partial charge on any atom is -0.508 e. The third-order valence-electron chi connectivity index (χ3n) is 4.65. The number of phenols is 1. The highest BCUT2D eigenvalue weighted by Gasteiger charge is 2.24. The lowest BCUT2D eigenvalue weighted by molar-refractivity contribution is 0.0746. The lowest BCUT2D eigenvalue weighted by Gasteiger charge is -2.36. The van der Waals surface area contributed by atoms with Gasteiger partial charge in [0.15, 0.2) is 9.84 Å². The van der Waals surface area contributed by atoms with Crippen LogP contribution in [0, 0.1) is 6.92 Å². The molecule has 0 saturated carbocycles. The van der Waals surface area contributed by atoms with Gasteiger partial charge in [0, 0.05) is 43.7 Å². The van der Waals surface area contributed by atoms with Gasteiger partial charge in [0.25, 0.3) is 5.91 Å². The molecule has 1 N–H and O–H groups in total. The van der Waals surface area contributed by atoms with Crippen LogP contribution in [0.5, 0.6) is 5.75 Å². The lowest BCUT2D eigenvalue weighted by Crippen LogP contribution is -2.49. The zero-order valence-electron chi connectivity index (χ0n) is 14.8. The smallest absolute Gasteiger partial charge is 0.254 e. The quantitative estimate of drug-likeness (QED) is 0.890. The van der Waals surface area contributed by atoms with Crippen molar-refractivity contribution in [3.05, 3.63) is 53.6 Å². The van der Waals surface area contributed by atoms with E-state index < -0.39 is 9.84 Å². The standard InChI is InChI=1S/C19H22N2O4S/c1-14-3-8-17(26(2,24)25)13-18(14)19(23)21-11-9-20(10-12-21)15-4-6-16(22)7-5-15/h3-8,13,22H,9-12H2,1-2H3. The minimum atomic E-state index is -3.35. The minimum absolute atomic E-state index is 0.140. The van der Waals surface area contributed by atoms with Crippen LogP contribution < -0.4 is 4.90 Å². The Morgan fingerprint density at radius 2 is 1.62 bits per heavy atom. The molecular weight excluding hydrogens is 352 g/mol. The van der Waals surface area contributed by atoms with Crippen molar-refractivity contribution in [2.24, 2.45) is 0 Å². The van der Waals surface area contributed by atoms with Crippen molar-refractivity contribution in [3.8, 4) is 5.75 Å². The van der Waals surface area contributed by atoms with Crippen molar-refractivity contribution in [1.29, 1.82) is 0 Å². The third-order valence-corrected chi connectivity index (χ3v) is 5.76. The number of benzene rings is 2. The van der Waals surface area contributed by atoms with Gasteiger partial charge in [-0.05, 0) is 48.9 Å². The highest BCUT2D eigenvalue weighted by molar-refractivity contribution is 7.90. The van der Waals surface area contributed by atoms with Crippen molar-refractivity contribution in [2.75, 3.05) is 37.3 Å². The van der Waals surface area contributed by atoms with E-state index in [2.05, 4.69) is 4.90 Å². The molecule has 6 nitrogen and oxygen atoms in total. The molecular formula is C19H22N2O4S. The number of sulfone groups is 1. The Morgan fingerprint density at radius 1 is 1.00 bits per heavy atom. The van der Waals surface area contributed by atoms with Crippen LogP contribution >= 0.6 is 0 Å². The van der Waals surface area contributed by atoms with E-state index in [0.717, 1.165) is 17.5 Å². The molecule has 2 aromatic rings. The van der Waals surface area contributed by atoms with Crippen LogP contribution in [0.2, 0.25) is 0 Å². The average molecular weight is 374 g/mol. The summed E-state index contributed by atoms with van der Waals surface area (Å²) in [5, 5.41) is 9.39. The van der Waals surface area contributed by atoms with Gasteiger partial charge in [0.2, 0.25) is 0 Å². The van der Waals surface area contributed by atoms with Crippen molar-refractivity contribution >= 4 is 21.4 Å². The fourth-order valence-electron chi connectivity index (χ4n) is 3.06. The Kier molecular flexibility index (Phi) is 4.91. The number of aromatic hydroxyl groups is 1. The van der Waals surface area contributed by atoms with E-state index >= 15 is 0 Å². The number of carbonyl (C=O) groups is 1. The number of nitrogens with zero attached hydrogens (tertiary/aromatic N) is 2. The van der Waals surface area contributed by atoms with Crippen LogP contribution in [0.25, 0.3) is 0 Å². The van der Waals surface area contributed by atoms with Gasteiger partial charge in [-0.2, -0.15) is 0 Å². The van der Waals surface area contributed by atoms with Gasteiger partial charge in [-0.15, -0.1) is 0 Å². The molecule has 1 amide bonds. The Morgan fingerprint density at radius 3 is 2.19 bits per heavy atom. The molecule has 0 bridgehead atoms. The van der Waals surface area contributed by atoms with Crippen molar-refractivity contribution in [3.63, 3.8) is 0 Å². The average Bonchev–Trinajstić information content (AvgIpc) is 2.61. The molecule has 1 saturated heterocycles. The maximum absolute atomic E-state index is 12.9. The van der Waals surface area contributed by atoms with Gasteiger partial charge in [0.1, 0.15) is 5.75 Å². The SMILES string of the molecule is Cc1ccc(S(C)(=O)=O)cc1C(=O)N1CCN(c2ccc(O)cc2)CC1. The summed E-state index contributed by atoms with van der Waals surface area (Å²) < 4.78 is 23.5. The van der Waals surface area contributed by atoms with E-state index in [1.54, 1.807) is 23.1 Å². The van der Waals surface area contributed by atoms with Crippen LogP contribution in [-0.4, -0.2) is 56.8 Å². The van der Waals surface area contributed by atoms with E-state index in [1.165, 1.54) is 12.1 Å². The largest absolute Gasteiger partial charge is 0.508 e. The molecule has 0 aromatic heterocycles. The molecule has 0 atom stereocenters. The first-order chi connectivity index (χ1) is 12.3. The Bertz CT molecular complexity index is 915. The maximum Gasteiger partial charge on any atom is 0.254 e. The molecule has 1 aliphatic rings. The predicted octanol–water partition coefficient (Wildman–Crippen LogP) is 2.07. The number of piperazine rings is 1. The number of hydrogen-bond acceptors (Lipinski definition) is 5. The van der Waals surface area contributed by atoms with Crippen LogP contribution in [0.4, 0.5) is 5.69 Å². The van der Waals surface area contributed by atoms with Gasteiger partial charge < -0.3 is 14.9 Å². The summed E-state index contributed by atoms with van der Waals surface area (Å²) in [5.41, 5.74) is 2.21. The number of rotatable bonds is 3. The van der Waals surface area contributed by atoms with Crippen molar-refractivity contribution in [2.45, 2.75) is 11.8 Å². The summed E-state index contributed by atoms with van der Waals surface area (Å²) in [5.74, 6) is 0.0853. The molecule has 26 heavy (non-hydrogen) atoms.